The van der Waals surface area contributed by atoms with Gasteiger partial charge in [-0.2, -0.15) is 5.06 Å². The fourth-order valence-electron chi connectivity index (χ4n) is 4.08. The Balaban J connectivity index is 1.33. The fourth-order valence-corrected chi connectivity index (χ4v) is 4.08. The van der Waals surface area contributed by atoms with Gasteiger partial charge in [-0.1, -0.05) is 31.2 Å². The van der Waals surface area contributed by atoms with Crippen LogP contribution in [0.4, 0.5) is 10.1 Å². The Morgan fingerprint density at radius 3 is 2.77 bits per heavy atom. The number of aromatic nitrogens is 2. The number of hydroxylamine groups is 1. The minimum atomic E-state index is -0.471. The lowest BCUT2D eigenvalue weighted by Crippen LogP contribution is -2.42. The van der Waals surface area contributed by atoms with Crippen LogP contribution in [-0.2, 0) is 16.2 Å². The van der Waals surface area contributed by atoms with E-state index in [1.165, 1.54) is 13.0 Å². The maximum atomic E-state index is 14.1. The van der Waals surface area contributed by atoms with Crippen molar-refractivity contribution >= 4 is 22.6 Å². The number of likely N-dealkylation sites (tertiary alicyclic amines) is 1. The van der Waals surface area contributed by atoms with Gasteiger partial charge in [-0.25, -0.2) is 9.37 Å². The number of aromatic amines is 1. The molecule has 1 amide bonds. The number of nitrogens with zero attached hydrogens (tertiary/aromatic N) is 3. The number of fused-ring (bicyclic) bond motifs is 1. The minimum absolute atomic E-state index is 0.153. The van der Waals surface area contributed by atoms with Gasteiger partial charge in [0.05, 0.1) is 24.2 Å². The van der Waals surface area contributed by atoms with Crippen molar-refractivity contribution in [1.29, 1.82) is 0 Å². The summed E-state index contributed by atoms with van der Waals surface area (Å²) in [6.07, 6.45) is 0.949. The van der Waals surface area contributed by atoms with Crippen LogP contribution in [0.2, 0.25) is 0 Å². The smallest absolute Gasteiger partial charge is 0.247 e. The Kier molecular flexibility index (Phi) is 6.11. The van der Waals surface area contributed by atoms with E-state index in [4.69, 9.17) is 4.84 Å². The minimum Gasteiger partial charge on any atom is -0.341 e. The van der Waals surface area contributed by atoms with Crippen molar-refractivity contribution in [3.8, 4) is 0 Å². The molecule has 1 fully saturated rings. The van der Waals surface area contributed by atoms with Crippen LogP contribution in [-0.4, -0.2) is 40.5 Å². The van der Waals surface area contributed by atoms with Crippen molar-refractivity contribution < 1.29 is 14.0 Å². The molecule has 3 aromatic rings. The van der Waals surface area contributed by atoms with Crippen molar-refractivity contribution in [2.45, 2.75) is 26.8 Å². The standard InChI is InChI=1S/C23H27FN4O2/c1-16-13-27(14-23-25-20-8-4-5-9-21(20)26-23)12-11-18(16)15-30-28(17(2)29)22-10-6-3-7-19(22)24/h3-10,16,18H,11-15H2,1-2H3,(H,25,26). The number of anilines is 1. The Hall–Kier alpha value is -2.77. The second kappa shape index (κ2) is 8.93. The van der Waals surface area contributed by atoms with Gasteiger partial charge in [-0.05, 0) is 49.1 Å². The summed E-state index contributed by atoms with van der Waals surface area (Å²) in [7, 11) is 0. The van der Waals surface area contributed by atoms with Gasteiger partial charge in [0.25, 0.3) is 0 Å². The molecular weight excluding hydrogens is 383 g/mol. The molecule has 0 bridgehead atoms. The number of halogens is 1. The van der Waals surface area contributed by atoms with E-state index in [9.17, 15) is 9.18 Å². The lowest BCUT2D eigenvalue weighted by Gasteiger charge is -2.37. The van der Waals surface area contributed by atoms with E-state index in [1.54, 1.807) is 18.2 Å². The number of nitrogens with one attached hydrogen (secondary N) is 1. The lowest BCUT2D eigenvalue weighted by atomic mass is 9.87. The summed E-state index contributed by atoms with van der Waals surface area (Å²) in [4.78, 5) is 28.2. The first-order valence-electron chi connectivity index (χ1n) is 10.4. The average molecular weight is 410 g/mol. The van der Waals surface area contributed by atoms with Gasteiger partial charge in [0, 0.05) is 13.5 Å². The van der Waals surface area contributed by atoms with Crippen LogP contribution >= 0.6 is 0 Å². The van der Waals surface area contributed by atoms with Crippen LogP contribution in [0.25, 0.3) is 11.0 Å². The third-order valence-corrected chi connectivity index (χ3v) is 5.75. The first-order chi connectivity index (χ1) is 14.5. The quantitative estimate of drug-likeness (QED) is 0.621. The molecule has 2 heterocycles. The summed E-state index contributed by atoms with van der Waals surface area (Å²) in [5, 5.41) is 1.07. The monoisotopic (exact) mass is 410 g/mol. The number of imidazole rings is 1. The average Bonchev–Trinajstić information content (AvgIpc) is 3.13. The second-order valence-corrected chi connectivity index (χ2v) is 8.02. The predicted molar refractivity (Wildman–Crippen MR) is 114 cm³/mol. The summed E-state index contributed by atoms with van der Waals surface area (Å²) < 4.78 is 14.1. The van der Waals surface area contributed by atoms with Crippen molar-refractivity contribution in [2.75, 3.05) is 24.8 Å². The Bertz CT molecular complexity index is 988. The molecule has 2 aromatic carbocycles. The van der Waals surface area contributed by atoms with E-state index in [0.29, 0.717) is 18.4 Å². The SMILES string of the molecule is CC(=O)N(OCC1CCN(Cc2nc3ccccc3[nH]2)CC1C)c1ccccc1F. The topological polar surface area (TPSA) is 61.5 Å². The van der Waals surface area contributed by atoms with E-state index in [0.717, 1.165) is 48.0 Å². The molecule has 7 heteroatoms. The third kappa shape index (κ3) is 4.52. The second-order valence-electron chi connectivity index (χ2n) is 8.02. The van der Waals surface area contributed by atoms with Crippen molar-refractivity contribution in [2.24, 2.45) is 11.8 Å². The number of benzene rings is 2. The van der Waals surface area contributed by atoms with Gasteiger partial charge in [-0.3, -0.25) is 14.5 Å². The largest absolute Gasteiger partial charge is 0.341 e. The van der Waals surface area contributed by atoms with Crippen molar-refractivity contribution in [3.05, 3.63) is 60.2 Å². The summed E-state index contributed by atoms with van der Waals surface area (Å²) in [5.74, 6) is 0.847. The Morgan fingerprint density at radius 2 is 2.03 bits per heavy atom. The number of hydrogen-bond acceptors (Lipinski definition) is 4. The first-order valence-corrected chi connectivity index (χ1v) is 10.4. The van der Waals surface area contributed by atoms with Gasteiger partial charge < -0.3 is 4.98 Å². The molecule has 6 nitrogen and oxygen atoms in total. The molecule has 4 rings (SSSR count). The highest BCUT2D eigenvalue weighted by atomic mass is 19.1. The van der Waals surface area contributed by atoms with Crippen LogP contribution in [0.1, 0.15) is 26.1 Å². The summed E-state index contributed by atoms with van der Waals surface area (Å²) in [5.41, 5.74) is 2.20. The highest BCUT2D eigenvalue weighted by Gasteiger charge is 2.28. The zero-order valence-electron chi connectivity index (χ0n) is 17.3. The van der Waals surface area contributed by atoms with Crippen molar-refractivity contribution in [3.63, 3.8) is 0 Å². The molecule has 158 valence electrons. The molecule has 2 atom stereocenters. The van der Waals surface area contributed by atoms with Crippen molar-refractivity contribution in [1.82, 2.24) is 14.9 Å². The zero-order chi connectivity index (χ0) is 21.1. The molecule has 1 saturated heterocycles. The number of para-hydroxylation sites is 3. The van der Waals surface area contributed by atoms with Gasteiger partial charge in [-0.15, -0.1) is 0 Å². The van der Waals surface area contributed by atoms with Crippen LogP contribution in [0.15, 0.2) is 48.5 Å². The van der Waals surface area contributed by atoms with Gasteiger partial charge >= 0.3 is 0 Å². The van der Waals surface area contributed by atoms with Crippen LogP contribution in [0.5, 0.6) is 0 Å². The lowest BCUT2D eigenvalue weighted by molar-refractivity contribution is -0.125. The summed E-state index contributed by atoms with van der Waals surface area (Å²) >= 11 is 0. The number of H-pyrrole nitrogens is 1. The van der Waals surface area contributed by atoms with Gasteiger partial charge in [0.2, 0.25) is 5.91 Å². The third-order valence-electron chi connectivity index (χ3n) is 5.75. The zero-order valence-corrected chi connectivity index (χ0v) is 17.3. The molecule has 0 aliphatic carbocycles. The number of piperidine rings is 1. The maximum Gasteiger partial charge on any atom is 0.247 e. The van der Waals surface area contributed by atoms with Crippen LogP contribution in [0.3, 0.4) is 0 Å². The van der Waals surface area contributed by atoms with E-state index < -0.39 is 5.82 Å². The molecule has 1 aliphatic rings. The number of carbonyl (C=O) groups excluding carboxylic acids is 1. The van der Waals surface area contributed by atoms with E-state index in [2.05, 4.69) is 21.8 Å². The molecule has 0 saturated carbocycles. The fraction of sp³-hybridized carbons (Fsp3) is 0.391. The van der Waals surface area contributed by atoms with Crippen LogP contribution in [0, 0.1) is 17.7 Å². The number of carbonyl (C=O) groups is 1. The number of amides is 1. The molecular formula is C23H27FN4O2. The summed E-state index contributed by atoms with van der Waals surface area (Å²) in [6.45, 7) is 6.58. The highest BCUT2D eigenvalue weighted by molar-refractivity contribution is 5.89. The van der Waals surface area contributed by atoms with Gasteiger partial charge in [0.15, 0.2) is 0 Å². The molecule has 2 unspecified atom stereocenters. The van der Waals surface area contributed by atoms with Gasteiger partial charge in [0.1, 0.15) is 17.3 Å². The highest BCUT2D eigenvalue weighted by Crippen LogP contribution is 2.27. The predicted octanol–water partition coefficient (Wildman–Crippen LogP) is 4.14. The molecule has 1 aromatic heterocycles. The summed E-state index contributed by atoms with van der Waals surface area (Å²) in [6, 6.07) is 14.2. The molecule has 1 aliphatic heterocycles. The number of rotatable bonds is 6. The Morgan fingerprint density at radius 1 is 1.27 bits per heavy atom. The normalized spacial score (nSPS) is 19.8. The molecule has 0 spiro atoms. The first kappa shape index (κ1) is 20.5. The van der Waals surface area contributed by atoms with Crippen LogP contribution < -0.4 is 5.06 Å². The molecule has 30 heavy (non-hydrogen) atoms. The van der Waals surface area contributed by atoms with E-state index >= 15 is 0 Å². The Labute approximate surface area is 175 Å². The maximum absolute atomic E-state index is 14.1. The van der Waals surface area contributed by atoms with E-state index in [-0.39, 0.29) is 11.6 Å². The molecule has 0 radical (unpaired) electrons. The van der Waals surface area contributed by atoms with E-state index in [1.807, 2.05) is 24.3 Å². The number of hydrogen-bond donors (Lipinski definition) is 1. The molecule has 1 N–H and O–H groups in total.